The molecule has 0 aromatic rings. The maximum atomic E-state index is 13.6. The highest BCUT2D eigenvalue weighted by Crippen LogP contribution is 2.29. The fourth-order valence-corrected chi connectivity index (χ4v) is 6.09. The van der Waals surface area contributed by atoms with Crippen molar-refractivity contribution < 1.29 is 44.3 Å². The standard InChI is InChI=1S/C26H47N5O9S/c1-14(2)12-16(23(28)37)30-24(38)17-7-5-10-31(17)25(39)15(6-3-4-9-27)29-19(33)8-11-41-26-22(36)21(35)20(34)18(13-32)40-26/h14-18,20-22,26,32,34-36H,3-13,27H2,1-2H3,(H2,28,37)(H,29,33)(H,30,38)/t15-,16-,17-,18+,20-,21-,22+,26-/m0/s1. The minimum Gasteiger partial charge on any atom is -0.394 e. The summed E-state index contributed by atoms with van der Waals surface area (Å²) in [7, 11) is 0. The molecule has 0 radical (unpaired) electrons. The van der Waals surface area contributed by atoms with E-state index in [9.17, 15) is 39.6 Å². The number of amides is 4. The van der Waals surface area contributed by atoms with Gasteiger partial charge in [0, 0.05) is 18.7 Å². The van der Waals surface area contributed by atoms with Gasteiger partial charge in [0.1, 0.15) is 48.0 Å². The Balaban J connectivity index is 2.00. The van der Waals surface area contributed by atoms with Crippen LogP contribution < -0.4 is 22.1 Å². The fourth-order valence-electron chi connectivity index (χ4n) is 4.98. The molecule has 10 N–H and O–H groups in total. The van der Waals surface area contributed by atoms with Crippen LogP contribution in [0.2, 0.25) is 0 Å². The monoisotopic (exact) mass is 605 g/mol. The second-order valence-electron chi connectivity index (χ2n) is 11.0. The number of hydrogen-bond donors (Lipinski definition) is 8. The smallest absolute Gasteiger partial charge is 0.245 e. The maximum Gasteiger partial charge on any atom is 0.245 e. The van der Waals surface area contributed by atoms with Crippen molar-refractivity contribution in [2.75, 3.05) is 25.4 Å². The van der Waals surface area contributed by atoms with E-state index in [1.54, 1.807) is 0 Å². The third-order valence-electron chi connectivity index (χ3n) is 7.25. The Bertz CT molecular complexity index is 880. The van der Waals surface area contributed by atoms with Crippen LogP contribution >= 0.6 is 11.8 Å². The van der Waals surface area contributed by atoms with Gasteiger partial charge >= 0.3 is 0 Å². The highest BCUT2D eigenvalue weighted by Gasteiger charge is 2.43. The van der Waals surface area contributed by atoms with Gasteiger partial charge in [-0.3, -0.25) is 19.2 Å². The van der Waals surface area contributed by atoms with Crippen LogP contribution in [0.5, 0.6) is 0 Å². The summed E-state index contributed by atoms with van der Waals surface area (Å²) in [6.45, 7) is 4.02. The van der Waals surface area contributed by atoms with E-state index >= 15 is 0 Å². The quantitative estimate of drug-likeness (QED) is 0.0858. The number of ether oxygens (including phenoxy) is 1. The van der Waals surface area contributed by atoms with Crippen LogP contribution in [0.15, 0.2) is 0 Å². The van der Waals surface area contributed by atoms with Crippen molar-refractivity contribution in [3.05, 3.63) is 0 Å². The van der Waals surface area contributed by atoms with E-state index in [2.05, 4.69) is 10.6 Å². The Hall–Kier alpha value is -2.01. The number of carbonyl (C=O) groups excluding carboxylic acids is 4. The van der Waals surface area contributed by atoms with Gasteiger partial charge in [-0.2, -0.15) is 0 Å². The number of carbonyl (C=O) groups is 4. The van der Waals surface area contributed by atoms with Crippen LogP contribution in [-0.4, -0.2) is 122 Å². The predicted molar refractivity (Wildman–Crippen MR) is 151 cm³/mol. The summed E-state index contributed by atoms with van der Waals surface area (Å²) in [6.07, 6.45) is -2.54. The third kappa shape index (κ3) is 10.3. The van der Waals surface area contributed by atoms with E-state index in [1.165, 1.54) is 4.90 Å². The molecule has 2 heterocycles. The van der Waals surface area contributed by atoms with Crippen LogP contribution in [0.1, 0.15) is 58.8 Å². The van der Waals surface area contributed by atoms with Crippen molar-refractivity contribution in [1.82, 2.24) is 15.5 Å². The molecule has 0 aromatic carbocycles. The van der Waals surface area contributed by atoms with Crippen LogP contribution in [0.25, 0.3) is 0 Å². The van der Waals surface area contributed by atoms with Crippen LogP contribution in [0.3, 0.4) is 0 Å². The number of likely N-dealkylation sites (tertiary alicyclic amines) is 1. The molecule has 4 amide bonds. The van der Waals surface area contributed by atoms with Crippen molar-refractivity contribution in [3.63, 3.8) is 0 Å². The van der Waals surface area contributed by atoms with E-state index in [4.69, 9.17) is 16.2 Å². The molecule has 15 heteroatoms. The molecule has 0 saturated carbocycles. The predicted octanol–water partition coefficient (Wildman–Crippen LogP) is -2.47. The van der Waals surface area contributed by atoms with E-state index in [1.807, 2.05) is 13.8 Å². The lowest BCUT2D eigenvalue weighted by Gasteiger charge is -2.39. The van der Waals surface area contributed by atoms with Gasteiger partial charge in [0.05, 0.1) is 6.61 Å². The molecular formula is C26H47N5O9S. The second kappa shape index (κ2) is 17.2. The molecule has 0 aliphatic carbocycles. The highest BCUT2D eigenvalue weighted by molar-refractivity contribution is 7.99. The Morgan fingerprint density at radius 3 is 2.37 bits per heavy atom. The molecule has 2 fully saturated rings. The maximum absolute atomic E-state index is 13.6. The Labute approximate surface area is 244 Å². The first kappa shape index (κ1) is 35.2. The number of unbranched alkanes of at least 4 members (excludes halogenated alkanes) is 1. The average molecular weight is 606 g/mol. The Morgan fingerprint density at radius 2 is 1.76 bits per heavy atom. The molecule has 41 heavy (non-hydrogen) atoms. The number of nitrogens with one attached hydrogen (secondary N) is 2. The summed E-state index contributed by atoms with van der Waals surface area (Å²) in [5.41, 5.74) is 10.1. The molecule has 2 aliphatic heterocycles. The van der Waals surface area contributed by atoms with E-state index in [0.29, 0.717) is 51.6 Å². The first-order valence-corrected chi connectivity index (χ1v) is 15.3. The fraction of sp³-hybridized carbons (Fsp3) is 0.846. The zero-order valence-electron chi connectivity index (χ0n) is 23.8. The van der Waals surface area contributed by atoms with Crippen molar-refractivity contribution in [2.24, 2.45) is 17.4 Å². The highest BCUT2D eigenvalue weighted by atomic mass is 32.2. The van der Waals surface area contributed by atoms with Crippen LogP contribution in [-0.2, 0) is 23.9 Å². The summed E-state index contributed by atoms with van der Waals surface area (Å²) >= 11 is 1.04. The summed E-state index contributed by atoms with van der Waals surface area (Å²) in [5.74, 6) is -1.64. The lowest BCUT2D eigenvalue weighted by atomic mass is 10.0. The van der Waals surface area contributed by atoms with Gasteiger partial charge in [-0.15, -0.1) is 11.8 Å². The van der Waals surface area contributed by atoms with E-state index in [0.717, 1.165) is 11.8 Å². The number of hydrogen-bond acceptors (Lipinski definition) is 11. The summed E-state index contributed by atoms with van der Waals surface area (Å²) in [4.78, 5) is 52.7. The first-order chi connectivity index (χ1) is 19.4. The lowest BCUT2D eigenvalue weighted by molar-refractivity contribution is -0.205. The molecule has 0 spiro atoms. The SMILES string of the molecule is CC(C)C[C@H](NC(=O)[C@@H]1CCCN1C(=O)[C@H](CCCCN)NC(=O)CCS[C@@H]1O[C@H](CO)[C@H](O)[C@H](O)[C@H]1O)C(N)=O. The van der Waals surface area contributed by atoms with Crippen molar-refractivity contribution in [2.45, 2.75) is 107 Å². The minimum absolute atomic E-state index is 0.0419. The normalized spacial score (nSPS) is 27.9. The zero-order chi connectivity index (χ0) is 30.7. The van der Waals surface area contributed by atoms with Gasteiger partial charge in [0.25, 0.3) is 0 Å². The number of nitrogens with zero attached hydrogens (tertiary/aromatic N) is 1. The minimum atomic E-state index is -1.51. The molecule has 2 rings (SSSR count). The lowest BCUT2D eigenvalue weighted by Crippen LogP contribution is -2.57. The molecule has 236 valence electrons. The molecule has 2 aliphatic rings. The van der Waals surface area contributed by atoms with Gasteiger partial charge in [0.2, 0.25) is 23.6 Å². The van der Waals surface area contributed by atoms with E-state index < -0.39 is 78.2 Å². The van der Waals surface area contributed by atoms with Crippen LogP contribution in [0.4, 0.5) is 0 Å². The van der Waals surface area contributed by atoms with Gasteiger partial charge in [0.15, 0.2) is 0 Å². The largest absolute Gasteiger partial charge is 0.394 e. The molecule has 0 bridgehead atoms. The number of aliphatic hydroxyl groups is 4. The van der Waals surface area contributed by atoms with Crippen LogP contribution in [0, 0.1) is 5.92 Å². The van der Waals surface area contributed by atoms with Gasteiger partial charge in [-0.1, -0.05) is 13.8 Å². The Morgan fingerprint density at radius 1 is 1.05 bits per heavy atom. The molecule has 2 saturated heterocycles. The molecule has 0 aromatic heterocycles. The van der Waals surface area contributed by atoms with E-state index in [-0.39, 0.29) is 18.1 Å². The first-order valence-electron chi connectivity index (χ1n) is 14.2. The van der Waals surface area contributed by atoms with Crippen molar-refractivity contribution >= 4 is 35.4 Å². The summed E-state index contributed by atoms with van der Waals surface area (Å²) in [5, 5.41) is 44.8. The number of primary amides is 1. The Kier molecular flexibility index (Phi) is 14.8. The van der Waals surface area contributed by atoms with Crippen molar-refractivity contribution in [1.29, 1.82) is 0 Å². The summed E-state index contributed by atoms with van der Waals surface area (Å²) < 4.78 is 5.44. The van der Waals surface area contributed by atoms with Crippen molar-refractivity contribution in [3.8, 4) is 0 Å². The number of thioether (sulfide) groups is 1. The number of aliphatic hydroxyl groups excluding tert-OH is 4. The second-order valence-corrected chi connectivity index (χ2v) is 12.2. The molecule has 14 nitrogen and oxygen atoms in total. The van der Waals surface area contributed by atoms with Gasteiger partial charge in [-0.25, -0.2) is 0 Å². The number of nitrogens with two attached hydrogens (primary N) is 2. The zero-order valence-corrected chi connectivity index (χ0v) is 24.6. The topological polar surface area (TPSA) is 238 Å². The number of rotatable bonds is 16. The summed E-state index contributed by atoms with van der Waals surface area (Å²) in [6, 6.07) is -2.52. The third-order valence-corrected chi connectivity index (χ3v) is 8.40. The molecule has 8 atom stereocenters. The molecule has 0 unspecified atom stereocenters. The van der Waals surface area contributed by atoms with Gasteiger partial charge < -0.3 is 52.2 Å². The molecular weight excluding hydrogens is 558 g/mol. The average Bonchev–Trinajstić information content (AvgIpc) is 3.41. The van der Waals surface area contributed by atoms with Gasteiger partial charge in [-0.05, 0) is 51.0 Å².